The van der Waals surface area contributed by atoms with Gasteiger partial charge >= 0.3 is 0 Å². The number of hydrogen-bond acceptors (Lipinski definition) is 3. The van der Waals surface area contributed by atoms with E-state index in [9.17, 15) is 9.18 Å². The van der Waals surface area contributed by atoms with Gasteiger partial charge in [0.1, 0.15) is 5.82 Å². The smallest absolute Gasteiger partial charge is 0.257 e. The second kappa shape index (κ2) is 9.98. The van der Waals surface area contributed by atoms with E-state index in [1.807, 2.05) is 47.0 Å². The Balaban J connectivity index is 1.44. The van der Waals surface area contributed by atoms with Crippen molar-refractivity contribution in [2.45, 2.75) is 45.2 Å². The SMILES string of the molecule is CCCc1c(C(=O)N(C)C2CCN(c3ccc(F)cc3)CC2)cnn1Cc1ccccc1. The van der Waals surface area contributed by atoms with Crippen molar-refractivity contribution in [1.29, 1.82) is 0 Å². The maximum atomic E-state index is 13.4. The second-order valence-electron chi connectivity index (χ2n) is 8.51. The Kier molecular flexibility index (Phi) is 6.88. The molecule has 2 aromatic carbocycles. The van der Waals surface area contributed by atoms with Gasteiger partial charge in [-0.2, -0.15) is 5.10 Å². The molecular formula is C26H31FN4O. The van der Waals surface area contributed by atoms with Gasteiger partial charge in [0.15, 0.2) is 0 Å². The molecule has 0 unspecified atom stereocenters. The highest BCUT2D eigenvalue weighted by molar-refractivity contribution is 5.95. The highest BCUT2D eigenvalue weighted by atomic mass is 19.1. The van der Waals surface area contributed by atoms with Crippen LogP contribution in [-0.2, 0) is 13.0 Å². The first kappa shape index (κ1) is 22.1. The summed E-state index contributed by atoms with van der Waals surface area (Å²) in [5.74, 6) is -0.169. The molecule has 0 atom stereocenters. The molecular weight excluding hydrogens is 403 g/mol. The van der Waals surface area contributed by atoms with Crippen LogP contribution in [0.25, 0.3) is 0 Å². The fourth-order valence-corrected chi connectivity index (χ4v) is 4.50. The van der Waals surface area contributed by atoms with Gasteiger partial charge in [-0.1, -0.05) is 43.7 Å². The highest BCUT2D eigenvalue weighted by Gasteiger charge is 2.28. The third kappa shape index (κ3) is 4.85. The number of rotatable bonds is 7. The van der Waals surface area contributed by atoms with E-state index in [-0.39, 0.29) is 17.8 Å². The van der Waals surface area contributed by atoms with Crippen LogP contribution in [0.4, 0.5) is 10.1 Å². The largest absolute Gasteiger partial charge is 0.371 e. The number of hydrogen-bond donors (Lipinski definition) is 0. The molecule has 1 fully saturated rings. The molecule has 1 aliphatic heterocycles. The Morgan fingerprint density at radius 2 is 1.78 bits per heavy atom. The number of aromatic nitrogens is 2. The van der Waals surface area contributed by atoms with Crippen LogP contribution in [0.3, 0.4) is 0 Å². The molecule has 1 amide bonds. The number of nitrogens with zero attached hydrogens (tertiary/aromatic N) is 4. The van der Waals surface area contributed by atoms with Gasteiger partial charge in [0.05, 0.1) is 24.0 Å². The topological polar surface area (TPSA) is 41.4 Å². The monoisotopic (exact) mass is 434 g/mol. The highest BCUT2D eigenvalue weighted by Crippen LogP contribution is 2.24. The minimum atomic E-state index is -0.218. The van der Waals surface area contributed by atoms with Crippen LogP contribution in [0.15, 0.2) is 60.8 Å². The number of halogens is 1. The summed E-state index contributed by atoms with van der Waals surface area (Å²) in [6.45, 7) is 4.50. The number of carbonyl (C=O) groups excluding carboxylic acids is 1. The first-order valence-corrected chi connectivity index (χ1v) is 11.4. The van der Waals surface area contributed by atoms with E-state index in [1.165, 1.54) is 17.7 Å². The second-order valence-corrected chi connectivity index (χ2v) is 8.51. The van der Waals surface area contributed by atoms with Crippen molar-refractivity contribution >= 4 is 11.6 Å². The van der Waals surface area contributed by atoms with Gasteiger partial charge < -0.3 is 9.80 Å². The van der Waals surface area contributed by atoms with Gasteiger partial charge in [0.25, 0.3) is 5.91 Å². The third-order valence-corrected chi connectivity index (χ3v) is 6.37. The Morgan fingerprint density at radius 1 is 1.09 bits per heavy atom. The summed E-state index contributed by atoms with van der Waals surface area (Å²) < 4.78 is 15.2. The van der Waals surface area contributed by atoms with Crippen molar-refractivity contribution < 1.29 is 9.18 Å². The fourth-order valence-electron chi connectivity index (χ4n) is 4.50. The predicted molar refractivity (Wildman–Crippen MR) is 125 cm³/mol. The Hall–Kier alpha value is -3.15. The van der Waals surface area contributed by atoms with E-state index in [0.29, 0.717) is 12.1 Å². The number of piperidine rings is 1. The summed E-state index contributed by atoms with van der Waals surface area (Å²) >= 11 is 0. The molecule has 6 heteroatoms. The van der Waals surface area contributed by atoms with Gasteiger partial charge in [-0.25, -0.2) is 4.39 Å². The van der Waals surface area contributed by atoms with Gasteiger partial charge in [0, 0.05) is 31.9 Å². The zero-order valence-electron chi connectivity index (χ0n) is 18.9. The molecule has 5 nitrogen and oxygen atoms in total. The van der Waals surface area contributed by atoms with E-state index in [2.05, 4.69) is 29.1 Å². The lowest BCUT2D eigenvalue weighted by Crippen LogP contribution is -2.45. The molecule has 0 aliphatic carbocycles. The standard InChI is InChI=1S/C26H31FN4O/c1-3-7-25-24(18-28-31(25)19-20-8-5-4-6-9-20)26(32)29(2)22-14-16-30(17-15-22)23-12-10-21(27)11-13-23/h4-6,8-13,18,22H,3,7,14-17,19H2,1-2H3. The van der Waals surface area contributed by atoms with Crippen molar-refractivity contribution in [1.82, 2.24) is 14.7 Å². The zero-order valence-corrected chi connectivity index (χ0v) is 18.9. The van der Waals surface area contributed by atoms with Crippen LogP contribution >= 0.6 is 0 Å². The van der Waals surface area contributed by atoms with Crippen LogP contribution in [-0.4, -0.2) is 46.8 Å². The Labute approximate surface area is 189 Å². The zero-order chi connectivity index (χ0) is 22.5. The lowest BCUT2D eigenvalue weighted by atomic mass is 10.0. The molecule has 0 spiro atoms. The Morgan fingerprint density at radius 3 is 2.44 bits per heavy atom. The molecule has 0 saturated carbocycles. The minimum absolute atomic E-state index is 0.0491. The van der Waals surface area contributed by atoms with E-state index < -0.39 is 0 Å². The average molecular weight is 435 g/mol. The lowest BCUT2D eigenvalue weighted by Gasteiger charge is -2.38. The van der Waals surface area contributed by atoms with Gasteiger partial charge in [-0.05, 0) is 49.1 Å². The number of anilines is 1. The first-order valence-electron chi connectivity index (χ1n) is 11.4. The molecule has 168 valence electrons. The fraction of sp³-hybridized carbons (Fsp3) is 0.385. The van der Waals surface area contributed by atoms with E-state index in [0.717, 1.165) is 50.2 Å². The first-order chi connectivity index (χ1) is 15.6. The van der Waals surface area contributed by atoms with Gasteiger partial charge in [-0.3, -0.25) is 9.48 Å². The average Bonchev–Trinajstić information content (AvgIpc) is 3.22. The van der Waals surface area contributed by atoms with Gasteiger partial charge in [0.2, 0.25) is 0 Å². The van der Waals surface area contributed by atoms with E-state index in [4.69, 9.17) is 0 Å². The summed E-state index contributed by atoms with van der Waals surface area (Å²) in [4.78, 5) is 17.6. The predicted octanol–water partition coefficient (Wildman–Crippen LogP) is 4.76. The Bertz CT molecular complexity index is 1020. The molecule has 1 saturated heterocycles. The van der Waals surface area contributed by atoms with Crippen molar-refractivity contribution in [3.63, 3.8) is 0 Å². The summed E-state index contributed by atoms with van der Waals surface area (Å²) in [5, 5.41) is 4.57. The van der Waals surface area contributed by atoms with Crippen LogP contribution in [0.1, 0.15) is 47.8 Å². The van der Waals surface area contributed by atoms with E-state index in [1.54, 1.807) is 6.20 Å². The van der Waals surface area contributed by atoms with Crippen molar-refractivity contribution in [2.75, 3.05) is 25.0 Å². The molecule has 0 radical (unpaired) electrons. The summed E-state index contributed by atoms with van der Waals surface area (Å²) in [6, 6.07) is 17.0. The molecule has 0 N–H and O–H groups in total. The summed E-state index contributed by atoms with van der Waals surface area (Å²) in [5.41, 5.74) is 3.93. The van der Waals surface area contributed by atoms with E-state index >= 15 is 0 Å². The number of amides is 1. The number of carbonyl (C=O) groups is 1. The maximum Gasteiger partial charge on any atom is 0.257 e. The molecule has 1 aromatic heterocycles. The maximum absolute atomic E-state index is 13.4. The van der Waals surface area contributed by atoms with Crippen molar-refractivity contribution in [2.24, 2.45) is 0 Å². The minimum Gasteiger partial charge on any atom is -0.371 e. The normalized spacial score (nSPS) is 14.5. The quantitative estimate of drug-likeness (QED) is 0.538. The van der Waals surface area contributed by atoms with Crippen molar-refractivity contribution in [3.05, 3.63) is 83.4 Å². The molecule has 0 bridgehead atoms. The van der Waals surface area contributed by atoms with Crippen LogP contribution in [0.2, 0.25) is 0 Å². The molecule has 4 rings (SSSR count). The number of benzene rings is 2. The lowest BCUT2D eigenvalue weighted by molar-refractivity contribution is 0.0708. The molecule has 1 aliphatic rings. The summed E-state index contributed by atoms with van der Waals surface area (Å²) in [7, 11) is 1.91. The molecule has 3 aromatic rings. The molecule has 2 heterocycles. The van der Waals surface area contributed by atoms with Crippen LogP contribution < -0.4 is 4.90 Å². The summed E-state index contributed by atoms with van der Waals surface area (Å²) in [6.07, 6.45) is 5.30. The molecule has 32 heavy (non-hydrogen) atoms. The van der Waals surface area contributed by atoms with Crippen LogP contribution in [0, 0.1) is 5.82 Å². The van der Waals surface area contributed by atoms with Gasteiger partial charge in [-0.15, -0.1) is 0 Å². The van der Waals surface area contributed by atoms with Crippen LogP contribution in [0.5, 0.6) is 0 Å². The van der Waals surface area contributed by atoms with Crippen molar-refractivity contribution in [3.8, 4) is 0 Å². The third-order valence-electron chi connectivity index (χ3n) is 6.37.